The zero-order chi connectivity index (χ0) is 20.4. The van der Waals surface area contributed by atoms with Crippen molar-refractivity contribution in [2.24, 2.45) is 0 Å². The van der Waals surface area contributed by atoms with Crippen LogP contribution in [0.2, 0.25) is 0 Å². The first-order chi connectivity index (χ1) is 13.5. The number of nitrogens with zero attached hydrogens (tertiary/aromatic N) is 1. The van der Waals surface area contributed by atoms with Gasteiger partial charge in [-0.2, -0.15) is 0 Å². The van der Waals surface area contributed by atoms with Crippen LogP contribution in [-0.2, 0) is 0 Å². The molecule has 0 aliphatic heterocycles. The van der Waals surface area contributed by atoms with Crippen molar-refractivity contribution < 1.29 is 19.3 Å². The smallest absolute Gasteiger partial charge is 0.161 e. The standard InChI is InChI=1S/C23H31NO4/c1-5-7-19-10-11-22(23(15-19)26-4)28-17-20(25)16-24(3)12-13-27-21-9-6-8-18(2)14-21/h5-11,14-15,20,25H,12-13,16-17H2,1-4H3. The molecule has 2 aromatic carbocycles. The Morgan fingerprint density at radius 3 is 2.64 bits per heavy atom. The Hall–Kier alpha value is -2.50. The van der Waals surface area contributed by atoms with E-state index in [2.05, 4.69) is 0 Å². The van der Waals surface area contributed by atoms with Gasteiger partial charge in [-0.15, -0.1) is 0 Å². The van der Waals surface area contributed by atoms with Crippen LogP contribution in [0.5, 0.6) is 17.2 Å². The highest BCUT2D eigenvalue weighted by molar-refractivity contribution is 5.55. The summed E-state index contributed by atoms with van der Waals surface area (Å²) in [6.07, 6.45) is 3.36. The zero-order valence-corrected chi connectivity index (χ0v) is 17.2. The van der Waals surface area contributed by atoms with Crippen LogP contribution in [-0.4, -0.2) is 56.6 Å². The van der Waals surface area contributed by atoms with Crippen LogP contribution in [0.4, 0.5) is 0 Å². The van der Waals surface area contributed by atoms with E-state index in [0.29, 0.717) is 31.2 Å². The number of hydrogen-bond donors (Lipinski definition) is 1. The molecule has 0 amide bonds. The molecule has 2 rings (SSSR count). The number of methoxy groups -OCH3 is 1. The average Bonchev–Trinajstić information content (AvgIpc) is 2.67. The summed E-state index contributed by atoms with van der Waals surface area (Å²) in [5.41, 5.74) is 2.22. The summed E-state index contributed by atoms with van der Waals surface area (Å²) in [7, 11) is 3.56. The molecular weight excluding hydrogens is 354 g/mol. The molecule has 0 aromatic heterocycles. The second-order valence-electron chi connectivity index (χ2n) is 6.80. The van der Waals surface area contributed by atoms with Gasteiger partial charge in [0, 0.05) is 13.1 Å². The third-order valence-corrected chi connectivity index (χ3v) is 4.23. The molecule has 5 nitrogen and oxygen atoms in total. The molecule has 0 aliphatic carbocycles. The maximum atomic E-state index is 10.3. The molecule has 0 aliphatic rings. The molecule has 0 radical (unpaired) electrons. The summed E-state index contributed by atoms with van der Waals surface area (Å²) in [4.78, 5) is 2.02. The number of aryl methyl sites for hydroxylation is 1. The number of aliphatic hydroxyl groups is 1. The minimum absolute atomic E-state index is 0.197. The number of hydrogen-bond acceptors (Lipinski definition) is 5. The number of rotatable bonds is 11. The SMILES string of the molecule is CC=Cc1ccc(OCC(O)CN(C)CCOc2cccc(C)c2)c(OC)c1. The van der Waals surface area contributed by atoms with E-state index in [9.17, 15) is 5.11 Å². The number of aliphatic hydroxyl groups excluding tert-OH is 1. The van der Waals surface area contributed by atoms with Gasteiger partial charge in [-0.1, -0.05) is 30.4 Å². The van der Waals surface area contributed by atoms with Gasteiger partial charge in [0.15, 0.2) is 11.5 Å². The lowest BCUT2D eigenvalue weighted by molar-refractivity contribution is 0.0712. The number of benzene rings is 2. The molecule has 0 saturated heterocycles. The van der Waals surface area contributed by atoms with Crippen LogP contribution in [0, 0.1) is 6.92 Å². The van der Waals surface area contributed by atoms with E-state index in [1.54, 1.807) is 7.11 Å². The highest BCUT2D eigenvalue weighted by Gasteiger charge is 2.12. The van der Waals surface area contributed by atoms with E-state index in [1.165, 1.54) is 5.56 Å². The molecule has 1 unspecified atom stereocenters. The number of ether oxygens (including phenoxy) is 3. The van der Waals surface area contributed by atoms with E-state index in [-0.39, 0.29) is 6.61 Å². The van der Waals surface area contributed by atoms with E-state index in [0.717, 1.165) is 11.3 Å². The Kier molecular flexibility index (Phi) is 8.85. The van der Waals surface area contributed by atoms with E-state index < -0.39 is 6.10 Å². The van der Waals surface area contributed by atoms with Crippen LogP contribution in [0.1, 0.15) is 18.1 Å². The molecule has 0 heterocycles. The van der Waals surface area contributed by atoms with Gasteiger partial charge in [-0.3, -0.25) is 0 Å². The molecule has 1 atom stereocenters. The molecule has 0 bridgehead atoms. The molecule has 5 heteroatoms. The van der Waals surface area contributed by atoms with Crippen molar-refractivity contribution in [3.8, 4) is 17.2 Å². The third-order valence-electron chi connectivity index (χ3n) is 4.23. The van der Waals surface area contributed by atoms with Crippen LogP contribution in [0.15, 0.2) is 48.5 Å². The van der Waals surface area contributed by atoms with Gasteiger partial charge in [0.05, 0.1) is 7.11 Å². The monoisotopic (exact) mass is 385 g/mol. The Labute approximate surface area is 168 Å². The summed E-state index contributed by atoms with van der Waals surface area (Å²) in [5, 5.41) is 10.3. The first-order valence-corrected chi connectivity index (χ1v) is 9.51. The van der Waals surface area contributed by atoms with E-state index in [1.807, 2.05) is 80.4 Å². The van der Waals surface area contributed by atoms with Gasteiger partial charge in [-0.25, -0.2) is 0 Å². The Morgan fingerprint density at radius 2 is 1.93 bits per heavy atom. The van der Waals surface area contributed by atoms with Crippen LogP contribution in [0.3, 0.4) is 0 Å². The van der Waals surface area contributed by atoms with Crippen LogP contribution >= 0.6 is 0 Å². The molecule has 0 fully saturated rings. The quantitative estimate of drug-likeness (QED) is 0.638. The Morgan fingerprint density at radius 1 is 1.11 bits per heavy atom. The van der Waals surface area contributed by atoms with Crippen molar-refractivity contribution in [3.63, 3.8) is 0 Å². The van der Waals surface area contributed by atoms with Crippen LogP contribution in [0.25, 0.3) is 6.08 Å². The Balaban J connectivity index is 1.74. The summed E-state index contributed by atoms with van der Waals surface area (Å²) >= 11 is 0. The number of allylic oxidation sites excluding steroid dienone is 1. The lowest BCUT2D eigenvalue weighted by Gasteiger charge is -2.21. The van der Waals surface area contributed by atoms with Crippen molar-refractivity contribution >= 4 is 6.08 Å². The molecule has 2 aromatic rings. The van der Waals surface area contributed by atoms with E-state index in [4.69, 9.17) is 14.2 Å². The van der Waals surface area contributed by atoms with Crippen molar-refractivity contribution in [3.05, 3.63) is 59.7 Å². The zero-order valence-electron chi connectivity index (χ0n) is 17.2. The molecule has 1 N–H and O–H groups in total. The minimum atomic E-state index is -0.608. The van der Waals surface area contributed by atoms with Gasteiger partial charge in [0.2, 0.25) is 0 Å². The van der Waals surface area contributed by atoms with Gasteiger partial charge in [0.25, 0.3) is 0 Å². The predicted octanol–water partition coefficient (Wildman–Crippen LogP) is 3.79. The summed E-state index contributed by atoms with van der Waals surface area (Å²) < 4.78 is 16.9. The van der Waals surface area contributed by atoms with Crippen molar-refractivity contribution in [2.75, 3.05) is 40.5 Å². The summed E-state index contributed by atoms with van der Waals surface area (Å²) in [6, 6.07) is 13.7. The van der Waals surface area contributed by atoms with E-state index >= 15 is 0 Å². The van der Waals surface area contributed by atoms with Crippen molar-refractivity contribution in [1.29, 1.82) is 0 Å². The molecule has 28 heavy (non-hydrogen) atoms. The summed E-state index contributed by atoms with van der Waals surface area (Å²) in [6.45, 7) is 5.98. The predicted molar refractivity (Wildman–Crippen MR) is 113 cm³/mol. The highest BCUT2D eigenvalue weighted by atomic mass is 16.5. The number of likely N-dealkylation sites (N-methyl/N-ethyl adjacent to an activating group) is 1. The fourth-order valence-electron chi connectivity index (χ4n) is 2.81. The first-order valence-electron chi connectivity index (χ1n) is 9.51. The second-order valence-corrected chi connectivity index (χ2v) is 6.80. The fourth-order valence-corrected chi connectivity index (χ4v) is 2.81. The van der Waals surface area contributed by atoms with Gasteiger partial charge >= 0.3 is 0 Å². The third kappa shape index (κ3) is 7.25. The molecule has 152 valence electrons. The fraction of sp³-hybridized carbons (Fsp3) is 0.391. The van der Waals surface area contributed by atoms with Crippen molar-refractivity contribution in [1.82, 2.24) is 4.90 Å². The van der Waals surface area contributed by atoms with Gasteiger partial charge in [0.1, 0.15) is 25.1 Å². The molecule has 0 saturated carbocycles. The average molecular weight is 386 g/mol. The highest BCUT2D eigenvalue weighted by Crippen LogP contribution is 2.28. The van der Waals surface area contributed by atoms with Gasteiger partial charge < -0.3 is 24.2 Å². The maximum absolute atomic E-state index is 10.3. The molecule has 0 spiro atoms. The summed E-state index contributed by atoms with van der Waals surface area (Å²) in [5.74, 6) is 2.15. The molecular formula is C23H31NO4. The lowest BCUT2D eigenvalue weighted by Crippen LogP contribution is -2.35. The minimum Gasteiger partial charge on any atom is -0.493 e. The first kappa shape index (κ1) is 21.8. The Bertz CT molecular complexity index is 760. The topological polar surface area (TPSA) is 51.2 Å². The largest absolute Gasteiger partial charge is 0.493 e. The van der Waals surface area contributed by atoms with Crippen LogP contribution < -0.4 is 14.2 Å². The maximum Gasteiger partial charge on any atom is 0.161 e. The van der Waals surface area contributed by atoms with Gasteiger partial charge in [-0.05, 0) is 56.3 Å². The van der Waals surface area contributed by atoms with Crippen molar-refractivity contribution in [2.45, 2.75) is 20.0 Å². The normalized spacial score (nSPS) is 12.4. The lowest BCUT2D eigenvalue weighted by atomic mass is 10.2. The second kappa shape index (κ2) is 11.4.